The Bertz CT molecular complexity index is 492. The van der Waals surface area contributed by atoms with Gasteiger partial charge in [-0.05, 0) is 35.2 Å². The Labute approximate surface area is 107 Å². The van der Waals surface area contributed by atoms with Crippen molar-refractivity contribution >= 4 is 0 Å². The van der Waals surface area contributed by atoms with E-state index in [4.69, 9.17) is 4.74 Å². The molecule has 1 unspecified atom stereocenters. The first-order chi connectivity index (χ1) is 8.69. The van der Waals surface area contributed by atoms with E-state index in [1.54, 1.807) is 7.05 Å². The Hall–Kier alpha value is -1.91. The minimum Gasteiger partial charge on any atom is -0.485 e. The predicted molar refractivity (Wildman–Crippen MR) is 68.3 cm³/mol. The number of aryl methyl sites for hydroxylation is 1. The van der Waals surface area contributed by atoms with Gasteiger partial charge in [-0.15, -0.1) is 10.2 Å². The Morgan fingerprint density at radius 2 is 2.00 bits per heavy atom. The number of rotatable bonds is 5. The fourth-order valence-electron chi connectivity index (χ4n) is 1.66. The minimum absolute atomic E-state index is 0.344. The lowest BCUT2D eigenvalue weighted by Crippen LogP contribution is -1.99. The van der Waals surface area contributed by atoms with Crippen LogP contribution < -0.4 is 4.74 Å². The van der Waals surface area contributed by atoms with Gasteiger partial charge < -0.3 is 4.74 Å². The molecule has 1 aromatic heterocycles. The highest BCUT2D eigenvalue weighted by atomic mass is 16.5. The van der Waals surface area contributed by atoms with Crippen LogP contribution in [-0.4, -0.2) is 20.2 Å². The first-order valence-corrected chi connectivity index (χ1v) is 6.14. The maximum absolute atomic E-state index is 5.60. The zero-order valence-corrected chi connectivity index (χ0v) is 11.0. The van der Waals surface area contributed by atoms with Crippen LogP contribution in [0.2, 0.25) is 0 Å². The van der Waals surface area contributed by atoms with Crippen LogP contribution in [0.4, 0.5) is 0 Å². The summed E-state index contributed by atoms with van der Waals surface area (Å²) in [6, 6.07) is 8.18. The molecule has 0 aliphatic carbocycles. The molecule has 1 heterocycles. The van der Waals surface area contributed by atoms with E-state index >= 15 is 0 Å². The van der Waals surface area contributed by atoms with Gasteiger partial charge in [0, 0.05) is 0 Å². The smallest absolute Gasteiger partial charge is 0.212 e. The lowest BCUT2D eigenvalue weighted by molar-refractivity contribution is 0.295. The van der Waals surface area contributed by atoms with Gasteiger partial charge in [-0.1, -0.05) is 26.0 Å². The van der Waals surface area contributed by atoms with E-state index in [-0.39, 0.29) is 0 Å². The monoisotopic (exact) mass is 246 g/mol. The van der Waals surface area contributed by atoms with E-state index in [0.29, 0.717) is 18.3 Å². The van der Waals surface area contributed by atoms with E-state index in [1.807, 2.05) is 12.1 Å². The van der Waals surface area contributed by atoms with Crippen LogP contribution >= 0.6 is 0 Å². The van der Waals surface area contributed by atoms with Crippen LogP contribution in [0.3, 0.4) is 0 Å². The van der Waals surface area contributed by atoms with E-state index in [1.165, 1.54) is 10.4 Å². The zero-order valence-electron chi connectivity index (χ0n) is 11.0. The summed E-state index contributed by atoms with van der Waals surface area (Å²) >= 11 is 0. The van der Waals surface area contributed by atoms with Gasteiger partial charge in [0.25, 0.3) is 0 Å². The van der Waals surface area contributed by atoms with Crippen molar-refractivity contribution in [3.05, 3.63) is 35.7 Å². The molecule has 0 saturated heterocycles. The van der Waals surface area contributed by atoms with Crippen molar-refractivity contribution in [2.45, 2.75) is 32.8 Å². The first-order valence-electron chi connectivity index (χ1n) is 6.14. The van der Waals surface area contributed by atoms with Crippen LogP contribution in [0.25, 0.3) is 0 Å². The maximum atomic E-state index is 5.60. The molecule has 0 fully saturated rings. The highest BCUT2D eigenvalue weighted by Crippen LogP contribution is 2.21. The van der Waals surface area contributed by atoms with E-state index in [9.17, 15) is 0 Å². The number of hydrogen-bond acceptors (Lipinski definition) is 4. The van der Waals surface area contributed by atoms with Crippen LogP contribution in [-0.2, 0) is 13.7 Å². The normalized spacial score (nSPS) is 12.4. The van der Waals surface area contributed by atoms with Gasteiger partial charge in [0.1, 0.15) is 5.75 Å². The van der Waals surface area contributed by atoms with Gasteiger partial charge in [-0.3, -0.25) is 0 Å². The van der Waals surface area contributed by atoms with Crippen molar-refractivity contribution < 1.29 is 4.74 Å². The molecule has 1 atom stereocenters. The SMILES string of the molecule is CCC(C)c1ccc(OCc2nnn(C)n2)cc1. The molecule has 0 N–H and O–H groups in total. The van der Waals surface area contributed by atoms with Crippen molar-refractivity contribution in [1.29, 1.82) is 0 Å². The molecular formula is C13H18N4O. The quantitative estimate of drug-likeness (QED) is 0.812. The van der Waals surface area contributed by atoms with Gasteiger partial charge in [0.2, 0.25) is 5.82 Å². The third kappa shape index (κ3) is 3.06. The zero-order chi connectivity index (χ0) is 13.0. The molecule has 0 spiro atoms. The number of tetrazole rings is 1. The molecule has 0 radical (unpaired) electrons. The summed E-state index contributed by atoms with van der Waals surface area (Å²) in [5.74, 6) is 2.00. The molecular weight excluding hydrogens is 228 g/mol. The molecule has 0 aliphatic rings. The van der Waals surface area contributed by atoms with Gasteiger partial charge in [0.05, 0.1) is 7.05 Å². The number of hydrogen-bond donors (Lipinski definition) is 0. The molecule has 5 heteroatoms. The van der Waals surface area contributed by atoms with E-state index < -0.39 is 0 Å². The summed E-state index contributed by atoms with van der Waals surface area (Å²) in [7, 11) is 1.73. The van der Waals surface area contributed by atoms with Crippen molar-refractivity contribution in [3.63, 3.8) is 0 Å². The topological polar surface area (TPSA) is 52.8 Å². The Morgan fingerprint density at radius 1 is 1.28 bits per heavy atom. The number of ether oxygens (including phenoxy) is 1. The Balaban J connectivity index is 1.94. The number of aromatic nitrogens is 4. The van der Waals surface area contributed by atoms with E-state index in [2.05, 4.69) is 41.4 Å². The van der Waals surface area contributed by atoms with Gasteiger partial charge in [0.15, 0.2) is 6.61 Å². The molecule has 1 aromatic carbocycles. The Morgan fingerprint density at radius 3 is 2.56 bits per heavy atom. The molecule has 2 rings (SSSR count). The van der Waals surface area contributed by atoms with Crippen molar-refractivity contribution in [2.75, 3.05) is 0 Å². The highest BCUT2D eigenvalue weighted by molar-refractivity contribution is 5.29. The van der Waals surface area contributed by atoms with Crippen LogP contribution in [0.1, 0.15) is 37.6 Å². The summed E-state index contributed by atoms with van der Waals surface area (Å²) in [5.41, 5.74) is 1.34. The van der Waals surface area contributed by atoms with Crippen molar-refractivity contribution in [2.24, 2.45) is 7.05 Å². The second-order valence-electron chi connectivity index (χ2n) is 4.36. The average molecular weight is 246 g/mol. The Kier molecular flexibility index (Phi) is 3.92. The summed E-state index contributed by atoms with van der Waals surface area (Å²) in [6.07, 6.45) is 1.14. The molecule has 96 valence electrons. The van der Waals surface area contributed by atoms with Gasteiger partial charge in [-0.25, -0.2) is 0 Å². The largest absolute Gasteiger partial charge is 0.485 e. The minimum atomic E-state index is 0.344. The van der Waals surface area contributed by atoms with Gasteiger partial charge >= 0.3 is 0 Å². The van der Waals surface area contributed by atoms with Gasteiger partial charge in [-0.2, -0.15) is 4.80 Å². The van der Waals surface area contributed by atoms with Crippen molar-refractivity contribution in [1.82, 2.24) is 20.2 Å². The highest BCUT2D eigenvalue weighted by Gasteiger charge is 2.04. The fourth-order valence-corrected chi connectivity index (χ4v) is 1.66. The fraction of sp³-hybridized carbons (Fsp3) is 0.462. The summed E-state index contributed by atoms with van der Waals surface area (Å²) in [4.78, 5) is 1.42. The van der Waals surface area contributed by atoms with Crippen LogP contribution in [0, 0.1) is 0 Å². The molecule has 0 bridgehead atoms. The third-order valence-electron chi connectivity index (χ3n) is 2.98. The molecule has 0 saturated carbocycles. The number of nitrogens with zero attached hydrogens (tertiary/aromatic N) is 4. The summed E-state index contributed by atoms with van der Waals surface area (Å²) in [6.45, 7) is 4.75. The average Bonchev–Trinajstić information content (AvgIpc) is 2.82. The molecule has 2 aromatic rings. The summed E-state index contributed by atoms with van der Waals surface area (Å²) < 4.78 is 5.60. The lowest BCUT2D eigenvalue weighted by Gasteiger charge is -2.09. The second kappa shape index (κ2) is 5.62. The first kappa shape index (κ1) is 12.5. The van der Waals surface area contributed by atoms with E-state index in [0.717, 1.165) is 12.2 Å². The second-order valence-corrected chi connectivity index (χ2v) is 4.36. The summed E-state index contributed by atoms with van der Waals surface area (Å²) in [5, 5.41) is 11.7. The van der Waals surface area contributed by atoms with Crippen molar-refractivity contribution in [3.8, 4) is 5.75 Å². The maximum Gasteiger partial charge on any atom is 0.212 e. The van der Waals surface area contributed by atoms with Crippen LogP contribution in [0.5, 0.6) is 5.75 Å². The lowest BCUT2D eigenvalue weighted by atomic mass is 9.99. The van der Waals surface area contributed by atoms with Crippen LogP contribution in [0.15, 0.2) is 24.3 Å². The molecule has 0 amide bonds. The molecule has 0 aliphatic heterocycles. The number of benzene rings is 1. The molecule has 18 heavy (non-hydrogen) atoms. The third-order valence-corrected chi connectivity index (χ3v) is 2.98. The predicted octanol–water partition coefficient (Wildman–Crippen LogP) is 2.30. The standard InChI is InChI=1S/C13H18N4O/c1-4-10(2)11-5-7-12(8-6-11)18-9-13-14-16-17(3)15-13/h5-8,10H,4,9H2,1-3H3. The molecule has 5 nitrogen and oxygen atoms in total.